The molecule has 21 heavy (non-hydrogen) atoms. The lowest BCUT2D eigenvalue weighted by molar-refractivity contribution is -0.146. The molecule has 0 saturated carbocycles. The van der Waals surface area contributed by atoms with Crippen molar-refractivity contribution in [2.75, 3.05) is 19.6 Å². The summed E-state index contributed by atoms with van der Waals surface area (Å²) in [6, 6.07) is -1.89. The second-order valence-electron chi connectivity index (χ2n) is 5.50. The van der Waals surface area contributed by atoms with Gasteiger partial charge >= 0.3 is 18.2 Å². The van der Waals surface area contributed by atoms with Crippen LogP contribution in [0.15, 0.2) is 0 Å². The number of carbonyl (C=O) groups excluding carboxylic acids is 1. The largest absolute Gasteiger partial charge is 0.480 e. The Labute approximate surface area is 121 Å². The molecular formula is C13H21F3N2O3. The fraction of sp³-hybridized carbons (Fsp3) is 0.846. The highest BCUT2D eigenvalue weighted by atomic mass is 19.4. The van der Waals surface area contributed by atoms with Gasteiger partial charge in [-0.3, -0.25) is 0 Å². The number of carboxylic acid groups (broad SMARTS) is 1. The summed E-state index contributed by atoms with van der Waals surface area (Å²) in [5.74, 6) is -1.03. The van der Waals surface area contributed by atoms with Gasteiger partial charge < -0.3 is 14.9 Å². The molecule has 122 valence electrons. The number of likely N-dealkylation sites (tertiary alicyclic amines) is 1. The highest BCUT2D eigenvalue weighted by Gasteiger charge is 2.39. The second kappa shape index (κ2) is 7.00. The number of hydrogen-bond acceptors (Lipinski definition) is 2. The van der Waals surface area contributed by atoms with Crippen molar-refractivity contribution in [2.45, 2.75) is 45.3 Å². The van der Waals surface area contributed by atoms with Crippen molar-refractivity contribution in [2.24, 2.45) is 5.92 Å². The van der Waals surface area contributed by atoms with Crippen LogP contribution in [0, 0.1) is 5.92 Å². The molecule has 0 aromatic heterocycles. The lowest BCUT2D eigenvalue weighted by Crippen LogP contribution is -2.55. The van der Waals surface area contributed by atoms with Gasteiger partial charge in [0.2, 0.25) is 0 Å². The summed E-state index contributed by atoms with van der Waals surface area (Å²) in [5, 5.41) is 9.18. The molecule has 2 atom stereocenters. The fourth-order valence-electron chi connectivity index (χ4n) is 2.51. The maximum absolute atomic E-state index is 12.5. The van der Waals surface area contributed by atoms with Gasteiger partial charge in [-0.25, -0.2) is 9.59 Å². The zero-order chi connectivity index (χ0) is 16.2. The molecule has 0 aromatic rings. The molecule has 0 aromatic carbocycles. The van der Waals surface area contributed by atoms with Crippen LogP contribution >= 0.6 is 0 Å². The normalized spacial score (nSPS) is 23.0. The number of aliphatic carboxylic acids is 1. The van der Waals surface area contributed by atoms with Crippen molar-refractivity contribution in [3.63, 3.8) is 0 Å². The SMILES string of the molecule is CCCN(CC(F)(F)F)C(=O)N1CCC(C)CC1C(=O)O. The minimum absolute atomic E-state index is 0.0449. The Kier molecular flexibility index (Phi) is 5.86. The number of carboxylic acids is 1. The van der Waals surface area contributed by atoms with E-state index in [2.05, 4.69) is 0 Å². The molecule has 1 N–H and O–H groups in total. The molecule has 0 aliphatic carbocycles. The first-order chi connectivity index (χ1) is 9.65. The molecular weight excluding hydrogens is 289 g/mol. The molecule has 8 heteroatoms. The van der Waals surface area contributed by atoms with Gasteiger partial charge in [-0.1, -0.05) is 13.8 Å². The summed E-state index contributed by atoms with van der Waals surface area (Å²) in [5.41, 5.74) is 0. The number of urea groups is 1. The van der Waals surface area contributed by atoms with Gasteiger partial charge in [0.1, 0.15) is 12.6 Å². The standard InChI is InChI=1S/C13H21F3N2O3/c1-3-5-17(8-13(14,15)16)12(21)18-6-4-9(2)7-10(18)11(19)20/h9-10H,3-8H2,1-2H3,(H,19,20). The van der Waals surface area contributed by atoms with E-state index >= 15 is 0 Å². The van der Waals surface area contributed by atoms with E-state index in [4.69, 9.17) is 0 Å². The van der Waals surface area contributed by atoms with E-state index in [1.54, 1.807) is 6.92 Å². The van der Waals surface area contributed by atoms with Crippen LogP contribution in [0.25, 0.3) is 0 Å². The number of amides is 2. The molecule has 1 heterocycles. The Morgan fingerprint density at radius 2 is 2.00 bits per heavy atom. The van der Waals surface area contributed by atoms with E-state index in [0.717, 1.165) is 4.90 Å². The molecule has 1 aliphatic heterocycles. The number of alkyl halides is 3. The molecule has 1 fully saturated rings. The first-order valence-corrected chi connectivity index (χ1v) is 7.00. The summed E-state index contributed by atoms with van der Waals surface area (Å²) in [6.45, 7) is 2.32. The van der Waals surface area contributed by atoms with Crippen LogP contribution in [0.2, 0.25) is 0 Å². The summed E-state index contributed by atoms with van der Waals surface area (Å²) in [4.78, 5) is 25.3. The third-order valence-corrected chi connectivity index (χ3v) is 3.53. The quantitative estimate of drug-likeness (QED) is 0.868. The smallest absolute Gasteiger partial charge is 0.406 e. The van der Waals surface area contributed by atoms with Gasteiger partial charge in [-0.15, -0.1) is 0 Å². The Balaban J connectivity index is 2.87. The summed E-state index contributed by atoms with van der Waals surface area (Å²) < 4.78 is 37.6. The van der Waals surface area contributed by atoms with E-state index in [1.165, 1.54) is 0 Å². The molecule has 0 spiro atoms. The third kappa shape index (κ3) is 5.09. The number of nitrogens with zero attached hydrogens (tertiary/aromatic N) is 2. The predicted octanol–water partition coefficient (Wildman–Crippen LogP) is 2.57. The molecule has 1 aliphatic rings. The molecule has 0 radical (unpaired) electrons. The number of hydrogen-bond donors (Lipinski definition) is 1. The molecule has 1 saturated heterocycles. The predicted molar refractivity (Wildman–Crippen MR) is 69.8 cm³/mol. The minimum atomic E-state index is -4.49. The maximum Gasteiger partial charge on any atom is 0.406 e. The highest BCUT2D eigenvalue weighted by Crippen LogP contribution is 2.25. The van der Waals surface area contributed by atoms with E-state index in [1.807, 2.05) is 6.92 Å². The average Bonchev–Trinajstić information content (AvgIpc) is 2.35. The first-order valence-electron chi connectivity index (χ1n) is 7.00. The van der Waals surface area contributed by atoms with Crippen molar-refractivity contribution in [3.8, 4) is 0 Å². The Morgan fingerprint density at radius 1 is 1.38 bits per heavy atom. The summed E-state index contributed by atoms with van der Waals surface area (Å²) in [6.07, 6.45) is -3.25. The molecule has 5 nitrogen and oxygen atoms in total. The van der Waals surface area contributed by atoms with Crippen molar-refractivity contribution < 1.29 is 27.9 Å². The summed E-state index contributed by atoms with van der Waals surface area (Å²) >= 11 is 0. The average molecular weight is 310 g/mol. The summed E-state index contributed by atoms with van der Waals surface area (Å²) in [7, 11) is 0. The van der Waals surface area contributed by atoms with E-state index in [0.29, 0.717) is 17.7 Å². The van der Waals surface area contributed by atoms with Gasteiger partial charge in [-0.05, 0) is 25.2 Å². The molecule has 2 unspecified atom stereocenters. The third-order valence-electron chi connectivity index (χ3n) is 3.53. The van der Waals surface area contributed by atoms with Crippen LogP contribution in [0.3, 0.4) is 0 Å². The Bertz CT molecular complexity index is 387. The zero-order valence-corrected chi connectivity index (χ0v) is 12.2. The van der Waals surface area contributed by atoms with Crippen LogP contribution in [0.1, 0.15) is 33.1 Å². The zero-order valence-electron chi connectivity index (χ0n) is 12.2. The van der Waals surface area contributed by atoms with Gasteiger partial charge in [0.25, 0.3) is 0 Å². The van der Waals surface area contributed by atoms with Crippen molar-refractivity contribution in [3.05, 3.63) is 0 Å². The van der Waals surface area contributed by atoms with Gasteiger partial charge in [0.05, 0.1) is 0 Å². The van der Waals surface area contributed by atoms with Gasteiger partial charge in [0, 0.05) is 13.1 Å². The van der Waals surface area contributed by atoms with Crippen LogP contribution < -0.4 is 0 Å². The highest BCUT2D eigenvalue weighted by molar-refractivity contribution is 5.83. The van der Waals surface area contributed by atoms with Crippen molar-refractivity contribution in [1.82, 2.24) is 9.80 Å². The molecule has 1 rings (SSSR count). The Hall–Kier alpha value is -1.47. The first kappa shape index (κ1) is 17.6. The Morgan fingerprint density at radius 3 is 2.48 bits per heavy atom. The minimum Gasteiger partial charge on any atom is -0.480 e. The molecule has 0 bridgehead atoms. The van der Waals surface area contributed by atoms with E-state index in [9.17, 15) is 27.9 Å². The van der Waals surface area contributed by atoms with Crippen LogP contribution in [0.4, 0.5) is 18.0 Å². The number of rotatable bonds is 4. The molecule has 2 amide bonds. The van der Waals surface area contributed by atoms with Gasteiger partial charge in [0.15, 0.2) is 0 Å². The van der Waals surface area contributed by atoms with Gasteiger partial charge in [-0.2, -0.15) is 13.2 Å². The second-order valence-corrected chi connectivity index (χ2v) is 5.50. The van der Waals surface area contributed by atoms with E-state index in [-0.39, 0.29) is 25.4 Å². The van der Waals surface area contributed by atoms with Crippen LogP contribution in [-0.2, 0) is 4.79 Å². The maximum atomic E-state index is 12.5. The van der Waals surface area contributed by atoms with Crippen LogP contribution in [0.5, 0.6) is 0 Å². The lowest BCUT2D eigenvalue weighted by Gasteiger charge is -2.39. The number of piperidine rings is 1. The number of carbonyl (C=O) groups is 2. The van der Waals surface area contributed by atoms with E-state index < -0.39 is 30.8 Å². The van der Waals surface area contributed by atoms with Crippen molar-refractivity contribution >= 4 is 12.0 Å². The van der Waals surface area contributed by atoms with Crippen LogP contribution in [-0.4, -0.2) is 58.8 Å². The lowest BCUT2D eigenvalue weighted by atomic mass is 9.92. The number of halogens is 3. The topological polar surface area (TPSA) is 60.9 Å². The monoisotopic (exact) mass is 310 g/mol. The van der Waals surface area contributed by atoms with Crippen molar-refractivity contribution in [1.29, 1.82) is 0 Å². The fourth-order valence-corrected chi connectivity index (χ4v) is 2.51.